The van der Waals surface area contributed by atoms with Crippen molar-refractivity contribution in [3.05, 3.63) is 77.4 Å². The van der Waals surface area contributed by atoms with E-state index in [4.69, 9.17) is 11.6 Å². The van der Waals surface area contributed by atoms with E-state index in [2.05, 4.69) is 10.3 Å². The Morgan fingerprint density at radius 1 is 1.10 bits per heavy atom. The van der Waals surface area contributed by atoms with Crippen LogP contribution in [-0.4, -0.2) is 16.1 Å². The van der Waals surface area contributed by atoms with Gasteiger partial charge in [0, 0.05) is 17.4 Å². The van der Waals surface area contributed by atoms with Crippen molar-refractivity contribution in [2.75, 3.05) is 5.32 Å². The highest BCUT2D eigenvalue weighted by Crippen LogP contribution is 2.35. The summed E-state index contributed by atoms with van der Waals surface area (Å²) in [6.07, 6.45) is -3.81. The largest absolute Gasteiger partial charge is 0.417 e. The maximum absolute atomic E-state index is 12.7. The Kier molecular flexibility index (Phi) is 6.49. The summed E-state index contributed by atoms with van der Waals surface area (Å²) in [6, 6.07) is 17.8. The second-order valence-electron chi connectivity index (χ2n) is 6.17. The molecular weight excluding hydrogens is 421 g/mol. The molecule has 0 bridgehead atoms. The summed E-state index contributed by atoms with van der Waals surface area (Å²) >= 11 is 6.93. The molecule has 3 aromatic rings. The van der Waals surface area contributed by atoms with Crippen LogP contribution in [0.4, 0.5) is 18.9 Å². The smallest absolute Gasteiger partial charge is 0.325 e. The van der Waals surface area contributed by atoms with Crippen molar-refractivity contribution in [3.63, 3.8) is 0 Å². The van der Waals surface area contributed by atoms with Gasteiger partial charge >= 0.3 is 6.18 Å². The number of benzene rings is 2. The van der Waals surface area contributed by atoms with Gasteiger partial charge in [-0.1, -0.05) is 71.9 Å². The lowest BCUT2D eigenvalue weighted by molar-refractivity contribution is -0.137. The molecule has 0 unspecified atom stereocenters. The highest BCUT2D eigenvalue weighted by molar-refractivity contribution is 8.00. The molecular formula is C21H16ClF3N2OS. The molecule has 3 nitrogen and oxygen atoms in total. The highest BCUT2D eigenvalue weighted by atomic mass is 35.5. The summed E-state index contributed by atoms with van der Waals surface area (Å²) < 4.78 is 38.2. The SMILES string of the molecule is C[C@@H](Sc1ncc(C(F)(F)F)cc1Cl)C(=O)Nc1ccccc1-c1ccccc1. The van der Waals surface area contributed by atoms with Gasteiger partial charge in [0.25, 0.3) is 0 Å². The van der Waals surface area contributed by atoms with Gasteiger partial charge in [-0.2, -0.15) is 13.2 Å². The first-order valence-corrected chi connectivity index (χ1v) is 9.86. The fraction of sp³-hybridized carbons (Fsp3) is 0.143. The van der Waals surface area contributed by atoms with E-state index in [0.29, 0.717) is 11.9 Å². The number of nitrogens with zero attached hydrogens (tertiary/aromatic N) is 1. The van der Waals surface area contributed by atoms with E-state index in [9.17, 15) is 18.0 Å². The van der Waals surface area contributed by atoms with Gasteiger partial charge in [-0.3, -0.25) is 4.79 Å². The Balaban J connectivity index is 1.74. The number of carbonyl (C=O) groups excluding carboxylic acids is 1. The second-order valence-corrected chi connectivity index (χ2v) is 7.91. The number of anilines is 1. The van der Waals surface area contributed by atoms with Crippen LogP contribution < -0.4 is 5.32 Å². The first-order valence-electron chi connectivity index (χ1n) is 8.60. The Morgan fingerprint density at radius 3 is 2.41 bits per heavy atom. The summed E-state index contributed by atoms with van der Waals surface area (Å²) in [5.41, 5.74) is 1.53. The zero-order valence-corrected chi connectivity index (χ0v) is 16.8. The molecule has 2 aromatic carbocycles. The van der Waals surface area contributed by atoms with E-state index in [-0.39, 0.29) is 16.0 Å². The van der Waals surface area contributed by atoms with Crippen LogP contribution in [0.3, 0.4) is 0 Å². The molecule has 0 saturated heterocycles. The number of hydrogen-bond acceptors (Lipinski definition) is 3. The number of aromatic nitrogens is 1. The summed E-state index contributed by atoms with van der Waals surface area (Å²) in [5.74, 6) is -0.309. The molecule has 3 rings (SSSR count). The quantitative estimate of drug-likeness (QED) is 0.462. The Hall–Kier alpha value is -2.51. The predicted molar refractivity (Wildman–Crippen MR) is 110 cm³/mol. The molecule has 8 heteroatoms. The van der Waals surface area contributed by atoms with Crippen LogP contribution in [0.5, 0.6) is 0 Å². The number of pyridine rings is 1. The Labute approximate surface area is 175 Å². The van der Waals surface area contributed by atoms with Gasteiger partial charge in [-0.15, -0.1) is 0 Å². The molecule has 29 heavy (non-hydrogen) atoms. The molecule has 0 fully saturated rings. The van der Waals surface area contributed by atoms with Crippen LogP contribution in [0.2, 0.25) is 5.02 Å². The molecule has 0 saturated carbocycles. The molecule has 0 aliphatic heterocycles. The number of thioether (sulfide) groups is 1. The molecule has 0 aliphatic carbocycles. The minimum atomic E-state index is -4.52. The van der Waals surface area contributed by atoms with Crippen molar-refractivity contribution in [2.45, 2.75) is 23.4 Å². The molecule has 1 amide bonds. The average molecular weight is 437 g/mol. The van der Waals surface area contributed by atoms with Gasteiger partial charge in [0.2, 0.25) is 5.91 Å². The van der Waals surface area contributed by atoms with Crippen LogP contribution in [0, 0.1) is 0 Å². The van der Waals surface area contributed by atoms with Gasteiger partial charge in [-0.25, -0.2) is 4.98 Å². The van der Waals surface area contributed by atoms with E-state index in [1.165, 1.54) is 0 Å². The molecule has 1 heterocycles. The van der Waals surface area contributed by atoms with E-state index in [0.717, 1.165) is 29.0 Å². The maximum Gasteiger partial charge on any atom is 0.417 e. The Morgan fingerprint density at radius 2 is 1.76 bits per heavy atom. The molecule has 1 atom stereocenters. The zero-order valence-electron chi connectivity index (χ0n) is 15.2. The Bertz CT molecular complexity index is 1010. The minimum absolute atomic E-state index is 0.144. The van der Waals surface area contributed by atoms with Gasteiger partial charge in [0.15, 0.2) is 0 Å². The van der Waals surface area contributed by atoms with Crippen molar-refractivity contribution in [3.8, 4) is 11.1 Å². The lowest BCUT2D eigenvalue weighted by atomic mass is 10.0. The van der Waals surface area contributed by atoms with Gasteiger partial charge < -0.3 is 5.32 Å². The second kappa shape index (κ2) is 8.88. The van der Waals surface area contributed by atoms with Crippen molar-refractivity contribution >= 4 is 35.0 Å². The van der Waals surface area contributed by atoms with Crippen molar-refractivity contribution in [1.29, 1.82) is 0 Å². The molecule has 0 spiro atoms. The fourth-order valence-electron chi connectivity index (χ4n) is 2.58. The standard InChI is InChI=1S/C21H16ClF3N2OS/c1-13(29-20-17(22)11-15(12-26-20)21(23,24)25)19(28)27-18-10-6-5-9-16(18)14-7-3-2-4-8-14/h2-13H,1H3,(H,27,28)/t13-/m1/s1. The first kappa shape index (κ1) is 21.2. The normalized spacial score (nSPS) is 12.4. The average Bonchev–Trinajstić information content (AvgIpc) is 2.69. The van der Waals surface area contributed by atoms with Crippen LogP contribution in [0.1, 0.15) is 12.5 Å². The van der Waals surface area contributed by atoms with Crippen molar-refractivity contribution < 1.29 is 18.0 Å². The zero-order chi connectivity index (χ0) is 21.0. The van der Waals surface area contributed by atoms with Crippen LogP contribution in [-0.2, 0) is 11.0 Å². The van der Waals surface area contributed by atoms with Crippen LogP contribution in [0.15, 0.2) is 71.9 Å². The summed E-state index contributed by atoms with van der Waals surface area (Å²) in [7, 11) is 0. The lowest BCUT2D eigenvalue weighted by Gasteiger charge is -2.15. The predicted octanol–water partition coefficient (Wildman–Crippen LogP) is 6.54. The van der Waals surface area contributed by atoms with Gasteiger partial charge in [0.05, 0.1) is 15.8 Å². The topological polar surface area (TPSA) is 42.0 Å². The fourth-order valence-corrected chi connectivity index (χ4v) is 3.67. The van der Waals surface area contributed by atoms with E-state index in [1.807, 2.05) is 48.5 Å². The summed E-state index contributed by atoms with van der Waals surface area (Å²) in [6.45, 7) is 1.64. The number of rotatable bonds is 5. The van der Waals surface area contributed by atoms with E-state index in [1.54, 1.807) is 13.0 Å². The number of hydrogen-bond donors (Lipinski definition) is 1. The number of amides is 1. The summed E-state index contributed by atoms with van der Waals surface area (Å²) in [4.78, 5) is 16.4. The van der Waals surface area contributed by atoms with Crippen molar-refractivity contribution in [1.82, 2.24) is 4.98 Å². The number of alkyl halides is 3. The number of carbonyl (C=O) groups is 1. The molecule has 150 valence electrons. The third-order valence-corrected chi connectivity index (χ3v) is 5.58. The van der Waals surface area contributed by atoms with Crippen LogP contribution in [0.25, 0.3) is 11.1 Å². The molecule has 1 aromatic heterocycles. The molecule has 0 aliphatic rings. The monoisotopic (exact) mass is 436 g/mol. The minimum Gasteiger partial charge on any atom is -0.325 e. The van der Waals surface area contributed by atoms with Crippen LogP contribution >= 0.6 is 23.4 Å². The van der Waals surface area contributed by atoms with Gasteiger partial charge in [0.1, 0.15) is 5.03 Å². The number of para-hydroxylation sites is 1. The molecule has 1 N–H and O–H groups in total. The third kappa shape index (κ3) is 5.31. The maximum atomic E-state index is 12.7. The number of nitrogens with one attached hydrogen (secondary N) is 1. The molecule has 0 radical (unpaired) electrons. The van der Waals surface area contributed by atoms with E-state index < -0.39 is 17.0 Å². The lowest BCUT2D eigenvalue weighted by Crippen LogP contribution is -2.23. The third-order valence-electron chi connectivity index (χ3n) is 4.06. The highest BCUT2D eigenvalue weighted by Gasteiger charge is 2.32. The van der Waals surface area contributed by atoms with Crippen molar-refractivity contribution in [2.24, 2.45) is 0 Å². The van der Waals surface area contributed by atoms with Gasteiger partial charge in [-0.05, 0) is 24.6 Å². The number of halogens is 4. The summed E-state index contributed by atoms with van der Waals surface area (Å²) in [5, 5.41) is 2.27. The van der Waals surface area contributed by atoms with E-state index >= 15 is 0 Å². The first-order chi connectivity index (χ1) is 13.8.